The molecule has 4 aliphatic rings. The number of allylic oxidation sites excluding steroid dienone is 4. The molecule has 6 atom stereocenters. The van der Waals surface area contributed by atoms with Gasteiger partial charge in [-0.25, -0.2) is 0 Å². The smallest absolute Gasteiger partial charge is 0.303 e. The Morgan fingerprint density at radius 3 is 2.39 bits per heavy atom. The second-order valence-electron chi connectivity index (χ2n) is 10.0. The van der Waals surface area contributed by atoms with Crippen molar-refractivity contribution >= 4 is 17.5 Å². The Morgan fingerprint density at radius 2 is 1.75 bits per heavy atom. The Balaban J connectivity index is 1.80. The van der Waals surface area contributed by atoms with E-state index in [2.05, 4.69) is 26.8 Å². The third-order valence-corrected chi connectivity index (χ3v) is 8.69. The molecule has 4 nitrogen and oxygen atoms in total. The van der Waals surface area contributed by atoms with E-state index in [9.17, 15) is 14.4 Å². The molecule has 0 amide bonds. The molecule has 4 rings (SSSR count). The van der Waals surface area contributed by atoms with E-state index in [1.807, 2.05) is 6.08 Å². The maximum absolute atomic E-state index is 12.8. The van der Waals surface area contributed by atoms with Crippen LogP contribution in [-0.2, 0) is 19.1 Å². The lowest BCUT2D eigenvalue weighted by Gasteiger charge is -2.56. The molecule has 0 unspecified atom stereocenters. The second-order valence-corrected chi connectivity index (χ2v) is 10.0. The highest BCUT2D eigenvalue weighted by atomic mass is 16.6. The number of esters is 1. The molecule has 2 fully saturated rings. The molecule has 0 bridgehead atoms. The van der Waals surface area contributed by atoms with Gasteiger partial charge in [0.2, 0.25) is 0 Å². The summed E-state index contributed by atoms with van der Waals surface area (Å²) < 4.78 is 5.81. The lowest BCUT2D eigenvalue weighted by Crippen LogP contribution is -2.56. The van der Waals surface area contributed by atoms with Crippen LogP contribution in [0.1, 0.15) is 73.1 Å². The number of Topliss-reactive ketones (excluding diaryl/α,β-unsaturated/α-hetero) is 1. The first kappa shape index (κ1) is 19.6. The van der Waals surface area contributed by atoms with E-state index in [0.717, 1.165) is 25.7 Å². The molecule has 0 aromatic carbocycles. The summed E-state index contributed by atoms with van der Waals surface area (Å²) in [6.45, 7) is 9.68. The molecule has 2 saturated carbocycles. The second kappa shape index (κ2) is 6.14. The van der Waals surface area contributed by atoms with Crippen LogP contribution in [0.25, 0.3) is 0 Å². The van der Waals surface area contributed by atoms with Crippen LogP contribution in [0.5, 0.6) is 0 Å². The lowest BCUT2D eigenvalue weighted by molar-refractivity contribution is -0.181. The standard InChI is InChI=1S/C24H32O4/c1-14-12-18-19(22(4)9-6-17(27)13-21(14)22)7-10-23(5)20(18)8-11-24(23,15(2)25)28-16(3)26/h12-14,19-20H,6-11H2,1-5H3/t14-,19-,20-,22+,23-,24-/m0/s1. The topological polar surface area (TPSA) is 60.4 Å². The van der Waals surface area contributed by atoms with Gasteiger partial charge in [-0.2, -0.15) is 0 Å². The van der Waals surface area contributed by atoms with Crippen LogP contribution in [0, 0.1) is 28.6 Å². The van der Waals surface area contributed by atoms with Gasteiger partial charge in [0, 0.05) is 18.8 Å². The van der Waals surface area contributed by atoms with Gasteiger partial charge in [0.1, 0.15) is 0 Å². The molecule has 0 saturated heterocycles. The average molecular weight is 385 g/mol. The van der Waals surface area contributed by atoms with Gasteiger partial charge in [-0.1, -0.05) is 38.0 Å². The Labute approximate surface area is 167 Å². The van der Waals surface area contributed by atoms with Gasteiger partial charge < -0.3 is 4.74 Å². The monoisotopic (exact) mass is 384 g/mol. The van der Waals surface area contributed by atoms with Gasteiger partial charge in [-0.15, -0.1) is 0 Å². The van der Waals surface area contributed by atoms with Crippen LogP contribution in [0.15, 0.2) is 23.3 Å². The van der Waals surface area contributed by atoms with Crippen molar-refractivity contribution in [2.24, 2.45) is 28.6 Å². The summed E-state index contributed by atoms with van der Waals surface area (Å²) in [5, 5.41) is 0. The number of hydrogen-bond acceptors (Lipinski definition) is 4. The van der Waals surface area contributed by atoms with Crippen LogP contribution in [0.3, 0.4) is 0 Å². The Kier molecular flexibility index (Phi) is 4.30. The molecule has 0 radical (unpaired) electrons. The SMILES string of the molecule is CC(=O)O[C@]1(C(C)=O)CC[C@H]2C3=C[C@H](C)C4=CC(=O)CC[C@]4(C)[C@H]3CC[C@@]21C. The minimum Gasteiger partial charge on any atom is -0.451 e. The Morgan fingerprint density at radius 1 is 1.07 bits per heavy atom. The highest BCUT2D eigenvalue weighted by molar-refractivity contribution is 5.92. The number of rotatable bonds is 2. The molecule has 4 heteroatoms. The minimum atomic E-state index is -1.00. The average Bonchev–Trinajstić information content (AvgIpc) is 2.90. The number of carbonyl (C=O) groups is 3. The summed E-state index contributed by atoms with van der Waals surface area (Å²) in [5.74, 6) is 0.778. The maximum atomic E-state index is 12.8. The number of hydrogen-bond donors (Lipinski definition) is 0. The van der Waals surface area contributed by atoms with Crippen molar-refractivity contribution in [3.8, 4) is 0 Å². The fourth-order valence-electron chi connectivity index (χ4n) is 7.32. The third-order valence-electron chi connectivity index (χ3n) is 8.69. The van der Waals surface area contributed by atoms with Crippen molar-refractivity contribution in [3.63, 3.8) is 0 Å². The van der Waals surface area contributed by atoms with E-state index < -0.39 is 5.60 Å². The zero-order chi connectivity index (χ0) is 20.5. The summed E-state index contributed by atoms with van der Waals surface area (Å²) >= 11 is 0. The zero-order valence-electron chi connectivity index (χ0n) is 17.8. The van der Waals surface area contributed by atoms with E-state index in [-0.39, 0.29) is 40.2 Å². The largest absolute Gasteiger partial charge is 0.451 e. The highest BCUT2D eigenvalue weighted by Crippen LogP contribution is 2.67. The maximum Gasteiger partial charge on any atom is 0.303 e. The number of ketones is 2. The van der Waals surface area contributed by atoms with Crippen LogP contribution < -0.4 is 0 Å². The quantitative estimate of drug-likeness (QED) is 0.517. The van der Waals surface area contributed by atoms with Crippen molar-refractivity contribution < 1.29 is 19.1 Å². The molecule has 0 aliphatic heterocycles. The first-order chi connectivity index (χ1) is 13.0. The van der Waals surface area contributed by atoms with Crippen LogP contribution in [-0.4, -0.2) is 23.1 Å². The normalized spacial score (nSPS) is 44.6. The van der Waals surface area contributed by atoms with Crippen LogP contribution in [0.4, 0.5) is 0 Å². The van der Waals surface area contributed by atoms with Crippen LogP contribution >= 0.6 is 0 Å². The van der Waals surface area contributed by atoms with Crippen LogP contribution in [0.2, 0.25) is 0 Å². The predicted molar refractivity (Wildman–Crippen MR) is 106 cm³/mol. The number of fused-ring (bicyclic) bond motifs is 5. The van der Waals surface area contributed by atoms with Gasteiger partial charge in [0.05, 0.1) is 0 Å². The molecule has 152 valence electrons. The first-order valence-corrected chi connectivity index (χ1v) is 10.7. The third kappa shape index (κ3) is 2.39. The van der Waals surface area contributed by atoms with Crippen molar-refractivity contribution in [2.75, 3.05) is 0 Å². The van der Waals surface area contributed by atoms with Gasteiger partial charge in [-0.05, 0) is 68.3 Å². The van der Waals surface area contributed by atoms with E-state index in [1.54, 1.807) is 6.92 Å². The summed E-state index contributed by atoms with van der Waals surface area (Å²) in [6, 6.07) is 0. The molecule has 0 N–H and O–H groups in total. The minimum absolute atomic E-state index is 0.0225. The number of ether oxygens (including phenoxy) is 1. The molecule has 0 heterocycles. The van der Waals surface area contributed by atoms with Gasteiger partial charge >= 0.3 is 5.97 Å². The fourth-order valence-corrected chi connectivity index (χ4v) is 7.32. The van der Waals surface area contributed by atoms with Gasteiger partial charge in [0.25, 0.3) is 0 Å². The molecule has 28 heavy (non-hydrogen) atoms. The summed E-state index contributed by atoms with van der Waals surface area (Å²) in [6.07, 6.45) is 9.15. The van der Waals surface area contributed by atoms with Crippen molar-refractivity contribution in [1.82, 2.24) is 0 Å². The predicted octanol–water partition coefficient (Wildman–Crippen LogP) is 4.58. The number of carbonyl (C=O) groups excluding carboxylic acids is 3. The van der Waals surface area contributed by atoms with E-state index in [1.165, 1.54) is 18.1 Å². The Hall–Kier alpha value is -1.71. The van der Waals surface area contributed by atoms with Gasteiger partial charge in [-0.3, -0.25) is 14.4 Å². The first-order valence-electron chi connectivity index (χ1n) is 10.7. The highest BCUT2D eigenvalue weighted by Gasteiger charge is 2.66. The van der Waals surface area contributed by atoms with E-state index in [0.29, 0.717) is 18.8 Å². The summed E-state index contributed by atoms with van der Waals surface area (Å²) in [7, 11) is 0. The molecule has 0 aromatic heterocycles. The summed E-state index contributed by atoms with van der Waals surface area (Å²) in [4.78, 5) is 36.8. The molecule has 0 spiro atoms. The van der Waals surface area contributed by atoms with E-state index in [4.69, 9.17) is 4.74 Å². The molecular formula is C24H32O4. The van der Waals surface area contributed by atoms with Crippen molar-refractivity contribution in [3.05, 3.63) is 23.3 Å². The zero-order valence-corrected chi connectivity index (χ0v) is 17.8. The molecule has 4 aliphatic carbocycles. The van der Waals surface area contributed by atoms with Gasteiger partial charge in [0.15, 0.2) is 17.2 Å². The fraction of sp³-hybridized carbons (Fsp3) is 0.708. The summed E-state index contributed by atoms with van der Waals surface area (Å²) in [5.41, 5.74) is 1.41. The Bertz CT molecular complexity index is 820. The molecular weight excluding hydrogens is 352 g/mol. The van der Waals surface area contributed by atoms with Crippen molar-refractivity contribution in [1.29, 1.82) is 0 Å². The van der Waals surface area contributed by atoms with E-state index >= 15 is 0 Å². The lowest BCUT2D eigenvalue weighted by atomic mass is 9.48. The van der Waals surface area contributed by atoms with Crippen molar-refractivity contribution in [2.45, 2.75) is 78.7 Å². The molecule has 0 aromatic rings.